The lowest BCUT2D eigenvalue weighted by Gasteiger charge is -2.29. The van der Waals surface area contributed by atoms with Gasteiger partial charge in [-0.25, -0.2) is 0 Å². The van der Waals surface area contributed by atoms with Gasteiger partial charge in [0.15, 0.2) is 0 Å². The van der Waals surface area contributed by atoms with E-state index in [1.807, 2.05) is 13.8 Å². The van der Waals surface area contributed by atoms with Crippen molar-refractivity contribution in [3.05, 3.63) is 0 Å². The van der Waals surface area contributed by atoms with E-state index in [1.165, 1.54) is 0 Å². The lowest BCUT2D eigenvalue weighted by molar-refractivity contribution is -0.126. The minimum atomic E-state index is -0.505. The van der Waals surface area contributed by atoms with Gasteiger partial charge < -0.3 is 15.5 Å². The van der Waals surface area contributed by atoms with Crippen molar-refractivity contribution in [2.45, 2.75) is 45.7 Å². The Kier molecular flexibility index (Phi) is 6.72. The van der Waals surface area contributed by atoms with E-state index in [0.29, 0.717) is 18.5 Å². The normalized spacial score (nSPS) is 14.2. The zero-order valence-corrected chi connectivity index (χ0v) is 12.4. The van der Waals surface area contributed by atoms with Gasteiger partial charge in [-0.3, -0.25) is 4.79 Å². The lowest BCUT2D eigenvalue weighted by Crippen LogP contribution is -2.53. The third-order valence-electron chi connectivity index (χ3n) is 3.16. The van der Waals surface area contributed by atoms with Gasteiger partial charge in [0.1, 0.15) is 0 Å². The van der Waals surface area contributed by atoms with Crippen LogP contribution in [0.15, 0.2) is 0 Å². The van der Waals surface area contributed by atoms with Crippen LogP contribution in [0.2, 0.25) is 0 Å². The van der Waals surface area contributed by atoms with Crippen LogP contribution < -0.4 is 10.6 Å². The minimum Gasteiger partial charge on any atom is -0.353 e. The summed E-state index contributed by atoms with van der Waals surface area (Å²) >= 11 is 0. The van der Waals surface area contributed by atoms with Crippen LogP contribution in [-0.2, 0) is 4.79 Å². The molecule has 0 radical (unpaired) electrons. The second-order valence-electron chi connectivity index (χ2n) is 5.83. The molecule has 102 valence electrons. The Hall–Kier alpha value is -0.610. The number of carbonyl (C=O) groups is 1. The summed E-state index contributed by atoms with van der Waals surface area (Å²) in [7, 11) is 5.92. The molecule has 0 bridgehead atoms. The van der Waals surface area contributed by atoms with Gasteiger partial charge in [-0.1, -0.05) is 13.8 Å². The Morgan fingerprint density at radius 1 is 1.29 bits per heavy atom. The molecule has 0 aromatic rings. The molecule has 0 saturated carbocycles. The van der Waals surface area contributed by atoms with Gasteiger partial charge in [-0.2, -0.15) is 0 Å². The zero-order chi connectivity index (χ0) is 13.6. The van der Waals surface area contributed by atoms with Crippen LogP contribution in [0.4, 0.5) is 0 Å². The first-order valence-electron chi connectivity index (χ1n) is 6.34. The number of hydrogen-bond acceptors (Lipinski definition) is 3. The van der Waals surface area contributed by atoms with Crippen LogP contribution in [-0.4, -0.2) is 50.1 Å². The topological polar surface area (TPSA) is 44.4 Å². The van der Waals surface area contributed by atoms with Gasteiger partial charge in [-0.05, 0) is 47.3 Å². The van der Waals surface area contributed by atoms with Gasteiger partial charge in [0, 0.05) is 12.6 Å². The molecular weight excluding hydrogens is 214 g/mol. The van der Waals surface area contributed by atoms with Crippen molar-refractivity contribution in [3.8, 4) is 0 Å². The van der Waals surface area contributed by atoms with Crippen LogP contribution in [0.3, 0.4) is 0 Å². The van der Waals surface area contributed by atoms with E-state index in [0.717, 1.165) is 6.42 Å². The molecule has 0 aliphatic rings. The highest BCUT2D eigenvalue weighted by atomic mass is 16.2. The van der Waals surface area contributed by atoms with E-state index in [-0.39, 0.29) is 5.91 Å². The van der Waals surface area contributed by atoms with Crippen molar-refractivity contribution < 1.29 is 4.79 Å². The molecule has 1 unspecified atom stereocenters. The third kappa shape index (κ3) is 6.03. The largest absolute Gasteiger partial charge is 0.353 e. The summed E-state index contributed by atoms with van der Waals surface area (Å²) in [5.41, 5.74) is -0.505. The Balaban J connectivity index is 4.27. The van der Waals surface area contributed by atoms with E-state index in [2.05, 4.69) is 43.5 Å². The summed E-state index contributed by atoms with van der Waals surface area (Å²) in [5, 5.41) is 6.03. The van der Waals surface area contributed by atoms with Gasteiger partial charge in [0.05, 0.1) is 5.54 Å². The molecule has 0 heterocycles. The highest BCUT2D eigenvalue weighted by Gasteiger charge is 2.25. The molecular formula is C13H29N3O. The molecule has 0 aromatic heterocycles. The number of rotatable bonds is 7. The average molecular weight is 243 g/mol. The molecule has 1 amide bonds. The monoisotopic (exact) mass is 243 g/mol. The van der Waals surface area contributed by atoms with Crippen LogP contribution in [0.1, 0.15) is 34.1 Å². The van der Waals surface area contributed by atoms with E-state index in [1.54, 1.807) is 7.05 Å². The van der Waals surface area contributed by atoms with Gasteiger partial charge in [0.2, 0.25) is 5.91 Å². The molecule has 0 aliphatic carbocycles. The Labute approximate surface area is 106 Å². The summed E-state index contributed by atoms with van der Waals surface area (Å²) < 4.78 is 0. The molecule has 0 aliphatic heterocycles. The van der Waals surface area contributed by atoms with Crippen molar-refractivity contribution in [1.29, 1.82) is 0 Å². The fourth-order valence-electron chi connectivity index (χ4n) is 1.57. The van der Waals surface area contributed by atoms with Crippen molar-refractivity contribution in [2.75, 3.05) is 27.7 Å². The first kappa shape index (κ1) is 16.4. The molecule has 2 N–H and O–H groups in total. The molecule has 0 fully saturated rings. The smallest absolute Gasteiger partial charge is 0.239 e. The summed E-state index contributed by atoms with van der Waals surface area (Å²) in [6, 6.07) is 0.395. The zero-order valence-electron chi connectivity index (χ0n) is 12.4. The predicted octanol–water partition coefficient (Wildman–Crippen LogP) is 1.08. The number of nitrogens with zero attached hydrogens (tertiary/aromatic N) is 1. The molecule has 17 heavy (non-hydrogen) atoms. The summed E-state index contributed by atoms with van der Waals surface area (Å²) in [5.74, 6) is 0.687. The highest BCUT2D eigenvalue weighted by molar-refractivity contribution is 5.85. The maximum atomic E-state index is 11.9. The molecule has 4 nitrogen and oxygen atoms in total. The fourth-order valence-corrected chi connectivity index (χ4v) is 1.57. The van der Waals surface area contributed by atoms with Crippen LogP contribution in [0.25, 0.3) is 0 Å². The standard InChI is InChI=1S/C13H29N3O/c1-10(2)8-11(16(6)7)9-15-12(17)13(3,4)14-5/h10-11,14H,8-9H2,1-7H3,(H,15,17). The number of likely N-dealkylation sites (N-methyl/N-ethyl adjacent to an activating group) is 2. The SMILES string of the molecule is CNC(C)(C)C(=O)NCC(CC(C)C)N(C)C. The molecule has 0 rings (SSSR count). The van der Waals surface area contributed by atoms with E-state index in [4.69, 9.17) is 0 Å². The van der Waals surface area contributed by atoms with Gasteiger partial charge >= 0.3 is 0 Å². The van der Waals surface area contributed by atoms with Crippen molar-refractivity contribution in [1.82, 2.24) is 15.5 Å². The van der Waals surface area contributed by atoms with Gasteiger partial charge in [-0.15, -0.1) is 0 Å². The molecule has 1 atom stereocenters. The second-order valence-corrected chi connectivity index (χ2v) is 5.83. The van der Waals surface area contributed by atoms with Crippen molar-refractivity contribution in [3.63, 3.8) is 0 Å². The van der Waals surface area contributed by atoms with E-state index >= 15 is 0 Å². The third-order valence-corrected chi connectivity index (χ3v) is 3.16. The first-order valence-corrected chi connectivity index (χ1v) is 6.34. The molecule has 0 aromatic carbocycles. The summed E-state index contributed by atoms with van der Waals surface area (Å²) in [6.45, 7) is 8.88. The number of amides is 1. The maximum Gasteiger partial charge on any atom is 0.239 e. The van der Waals surface area contributed by atoms with Crippen LogP contribution in [0, 0.1) is 5.92 Å². The van der Waals surface area contributed by atoms with Crippen LogP contribution in [0.5, 0.6) is 0 Å². The number of carbonyl (C=O) groups excluding carboxylic acids is 1. The fraction of sp³-hybridized carbons (Fsp3) is 0.923. The minimum absolute atomic E-state index is 0.0515. The van der Waals surface area contributed by atoms with Crippen molar-refractivity contribution >= 4 is 5.91 Å². The summed E-state index contributed by atoms with van der Waals surface area (Å²) in [4.78, 5) is 14.1. The summed E-state index contributed by atoms with van der Waals surface area (Å²) in [6.07, 6.45) is 1.09. The van der Waals surface area contributed by atoms with Crippen LogP contribution >= 0.6 is 0 Å². The maximum absolute atomic E-state index is 11.9. The van der Waals surface area contributed by atoms with Crippen molar-refractivity contribution in [2.24, 2.45) is 5.92 Å². The Bertz CT molecular complexity index is 237. The molecule has 4 heteroatoms. The Morgan fingerprint density at radius 2 is 1.82 bits per heavy atom. The average Bonchev–Trinajstić information content (AvgIpc) is 2.22. The van der Waals surface area contributed by atoms with Gasteiger partial charge in [0.25, 0.3) is 0 Å². The molecule has 0 saturated heterocycles. The lowest BCUT2D eigenvalue weighted by atomic mass is 10.0. The second kappa shape index (κ2) is 6.97. The number of hydrogen-bond donors (Lipinski definition) is 2. The van der Waals surface area contributed by atoms with E-state index in [9.17, 15) is 4.79 Å². The first-order chi connectivity index (χ1) is 7.70. The number of nitrogens with one attached hydrogen (secondary N) is 2. The molecule has 0 spiro atoms. The highest BCUT2D eigenvalue weighted by Crippen LogP contribution is 2.09. The predicted molar refractivity (Wildman–Crippen MR) is 73.1 cm³/mol. The Morgan fingerprint density at radius 3 is 2.18 bits per heavy atom. The van der Waals surface area contributed by atoms with E-state index < -0.39 is 5.54 Å². The quantitative estimate of drug-likeness (QED) is 0.703.